The van der Waals surface area contributed by atoms with Crippen LogP contribution in [0.2, 0.25) is 0 Å². The number of hydrogen-bond acceptors (Lipinski definition) is 4. The van der Waals surface area contributed by atoms with Gasteiger partial charge in [0.25, 0.3) is 5.91 Å². The van der Waals surface area contributed by atoms with Crippen LogP contribution >= 0.6 is 0 Å². The smallest absolute Gasteiger partial charge is 0.253 e. The van der Waals surface area contributed by atoms with Gasteiger partial charge in [0.1, 0.15) is 12.4 Å². The van der Waals surface area contributed by atoms with Crippen LogP contribution in [0.3, 0.4) is 0 Å². The molecule has 7 heteroatoms. The van der Waals surface area contributed by atoms with Gasteiger partial charge >= 0.3 is 0 Å². The van der Waals surface area contributed by atoms with Gasteiger partial charge < -0.3 is 9.64 Å². The number of piperidine rings is 1. The first-order valence-electron chi connectivity index (χ1n) is 9.95. The number of hydrogen-bond donors (Lipinski definition) is 0. The number of carbonyl (C=O) groups excluding carboxylic acids is 1. The molecule has 0 aromatic heterocycles. The summed E-state index contributed by atoms with van der Waals surface area (Å²) >= 11 is 0. The molecule has 1 aliphatic rings. The Bertz CT molecular complexity index is 931. The second-order valence-corrected chi connectivity index (χ2v) is 9.27. The maximum atomic E-state index is 13.1. The minimum atomic E-state index is -3.61. The average Bonchev–Trinajstić information content (AvgIpc) is 2.74. The lowest BCUT2D eigenvalue weighted by molar-refractivity contribution is 0.0773. The van der Waals surface area contributed by atoms with Gasteiger partial charge in [0, 0.05) is 25.2 Å². The Kier molecular flexibility index (Phi) is 6.92. The first-order valence-corrected chi connectivity index (χ1v) is 11.4. The highest BCUT2D eigenvalue weighted by atomic mass is 32.2. The lowest BCUT2D eigenvalue weighted by Gasteiger charge is -2.32. The van der Waals surface area contributed by atoms with Gasteiger partial charge in [-0.2, -0.15) is 4.31 Å². The van der Waals surface area contributed by atoms with E-state index in [-0.39, 0.29) is 16.8 Å². The van der Waals surface area contributed by atoms with Gasteiger partial charge in [-0.05, 0) is 50.1 Å². The lowest BCUT2D eigenvalue weighted by Crippen LogP contribution is -2.42. The maximum absolute atomic E-state index is 13.1. The number of para-hydroxylation sites is 1. The van der Waals surface area contributed by atoms with Crippen LogP contribution in [0.4, 0.5) is 0 Å². The molecule has 1 heterocycles. The van der Waals surface area contributed by atoms with Crippen molar-refractivity contribution in [2.45, 2.75) is 37.1 Å². The molecule has 0 spiro atoms. The van der Waals surface area contributed by atoms with Crippen LogP contribution in [0, 0.1) is 0 Å². The fourth-order valence-corrected chi connectivity index (χ4v) is 5.24. The van der Waals surface area contributed by atoms with Crippen molar-refractivity contribution >= 4 is 15.9 Å². The van der Waals surface area contributed by atoms with E-state index in [0.717, 1.165) is 25.0 Å². The summed E-state index contributed by atoms with van der Waals surface area (Å²) in [7, 11) is -1.92. The zero-order chi connectivity index (χ0) is 20.9. The Morgan fingerprint density at radius 3 is 2.62 bits per heavy atom. The molecular weight excluding hydrogens is 388 g/mol. The maximum Gasteiger partial charge on any atom is 0.253 e. The number of nitrogens with zero attached hydrogens (tertiary/aromatic N) is 2. The van der Waals surface area contributed by atoms with Gasteiger partial charge in [0.15, 0.2) is 0 Å². The summed E-state index contributed by atoms with van der Waals surface area (Å²) in [6, 6.07) is 15.7. The van der Waals surface area contributed by atoms with E-state index in [1.807, 2.05) is 37.3 Å². The van der Waals surface area contributed by atoms with E-state index in [4.69, 9.17) is 4.74 Å². The molecule has 0 N–H and O–H groups in total. The summed E-state index contributed by atoms with van der Waals surface area (Å²) < 4.78 is 33.3. The number of likely N-dealkylation sites (N-methyl/N-ethyl adjacent to an activating group) is 1. The third kappa shape index (κ3) is 5.16. The number of carbonyl (C=O) groups is 1. The summed E-state index contributed by atoms with van der Waals surface area (Å²) in [6.45, 7) is 3.22. The zero-order valence-corrected chi connectivity index (χ0v) is 17.8. The second-order valence-electron chi connectivity index (χ2n) is 7.38. The molecule has 6 nitrogen and oxygen atoms in total. The minimum Gasteiger partial charge on any atom is -0.492 e. The van der Waals surface area contributed by atoms with Crippen molar-refractivity contribution in [2.24, 2.45) is 0 Å². The van der Waals surface area contributed by atoms with Gasteiger partial charge in [0.2, 0.25) is 10.0 Å². The standard InChI is InChI=1S/C22H28N2O4S/c1-18-9-6-7-14-24(18)29(26,27)21-13-8-10-19(17-21)22(25)23(2)15-16-28-20-11-4-3-5-12-20/h3-5,8,10-13,17-18H,6-7,9,14-16H2,1-2H3. The van der Waals surface area contributed by atoms with E-state index in [2.05, 4.69) is 0 Å². The Morgan fingerprint density at radius 1 is 1.14 bits per heavy atom. The largest absolute Gasteiger partial charge is 0.492 e. The van der Waals surface area contributed by atoms with Crippen LogP contribution in [0.25, 0.3) is 0 Å². The minimum absolute atomic E-state index is 0.0223. The quantitative estimate of drug-likeness (QED) is 0.694. The van der Waals surface area contributed by atoms with E-state index in [9.17, 15) is 13.2 Å². The first-order chi connectivity index (χ1) is 13.9. The van der Waals surface area contributed by atoms with Crippen molar-refractivity contribution in [3.8, 4) is 5.75 Å². The molecule has 156 valence electrons. The van der Waals surface area contributed by atoms with Gasteiger partial charge in [-0.15, -0.1) is 0 Å². The molecule has 29 heavy (non-hydrogen) atoms. The Morgan fingerprint density at radius 2 is 1.90 bits per heavy atom. The molecular formula is C22H28N2O4S. The lowest BCUT2D eigenvalue weighted by atomic mass is 10.1. The summed E-state index contributed by atoms with van der Waals surface area (Å²) in [5, 5.41) is 0. The number of rotatable bonds is 7. The monoisotopic (exact) mass is 416 g/mol. The Labute approximate surface area is 173 Å². The molecule has 1 saturated heterocycles. The SMILES string of the molecule is CC1CCCCN1S(=O)(=O)c1cccc(C(=O)N(C)CCOc2ccccc2)c1. The molecule has 0 radical (unpaired) electrons. The highest BCUT2D eigenvalue weighted by molar-refractivity contribution is 7.89. The van der Waals surface area contributed by atoms with Crippen LogP contribution in [0.15, 0.2) is 59.5 Å². The van der Waals surface area contributed by atoms with E-state index in [1.54, 1.807) is 29.6 Å². The summed E-state index contributed by atoms with van der Waals surface area (Å²) in [6.07, 6.45) is 2.77. The third-order valence-electron chi connectivity index (χ3n) is 5.21. The molecule has 0 aliphatic carbocycles. The van der Waals surface area contributed by atoms with E-state index < -0.39 is 10.0 Å². The van der Waals surface area contributed by atoms with Crippen molar-refractivity contribution in [3.05, 3.63) is 60.2 Å². The average molecular weight is 417 g/mol. The highest BCUT2D eigenvalue weighted by Gasteiger charge is 2.31. The van der Waals surface area contributed by atoms with Crippen LogP contribution in [0.1, 0.15) is 36.5 Å². The summed E-state index contributed by atoms with van der Waals surface area (Å²) in [5.74, 6) is 0.516. The van der Waals surface area contributed by atoms with Gasteiger partial charge in [0.05, 0.1) is 11.4 Å². The van der Waals surface area contributed by atoms with Crippen LogP contribution in [-0.4, -0.2) is 56.3 Å². The molecule has 3 rings (SSSR count). The van der Waals surface area contributed by atoms with E-state index in [1.165, 1.54) is 11.0 Å². The molecule has 2 aromatic carbocycles. The normalized spacial score (nSPS) is 17.7. The molecule has 2 aromatic rings. The van der Waals surface area contributed by atoms with Gasteiger partial charge in [-0.25, -0.2) is 8.42 Å². The zero-order valence-electron chi connectivity index (χ0n) is 17.0. The van der Waals surface area contributed by atoms with Crippen LogP contribution in [0.5, 0.6) is 5.75 Å². The first kappa shape index (κ1) is 21.3. The van der Waals surface area contributed by atoms with Crippen molar-refractivity contribution < 1.29 is 17.9 Å². The van der Waals surface area contributed by atoms with E-state index >= 15 is 0 Å². The fraction of sp³-hybridized carbons (Fsp3) is 0.409. The van der Waals surface area contributed by atoms with Crippen LogP contribution < -0.4 is 4.74 Å². The number of ether oxygens (including phenoxy) is 1. The predicted octanol–water partition coefficient (Wildman–Crippen LogP) is 3.40. The van der Waals surface area contributed by atoms with E-state index in [0.29, 0.717) is 25.3 Å². The molecule has 0 bridgehead atoms. The molecule has 1 unspecified atom stereocenters. The summed E-state index contributed by atoms with van der Waals surface area (Å²) in [4.78, 5) is 14.5. The number of amides is 1. The topological polar surface area (TPSA) is 66.9 Å². The van der Waals surface area contributed by atoms with Crippen molar-refractivity contribution in [3.63, 3.8) is 0 Å². The van der Waals surface area contributed by atoms with Crippen LogP contribution in [-0.2, 0) is 10.0 Å². The number of benzene rings is 2. The van der Waals surface area contributed by atoms with Crippen molar-refractivity contribution in [1.29, 1.82) is 0 Å². The predicted molar refractivity (Wildman–Crippen MR) is 113 cm³/mol. The van der Waals surface area contributed by atoms with Gasteiger partial charge in [-0.1, -0.05) is 30.7 Å². The summed E-state index contributed by atoms with van der Waals surface area (Å²) in [5.41, 5.74) is 0.359. The fourth-order valence-electron chi connectivity index (χ4n) is 3.49. The number of sulfonamides is 1. The molecule has 1 amide bonds. The van der Waals surface area contributed by atoms with Crippen molar-refractivity contribution in [1.82, 2.24) is 9.21 Å². The highest BCUT2D eigenvalue weighted by Crippen LogP contribution is 2.25. The molecule has 1 aliphatic heterocycles. The molecule has 0 saturated carbocycles. The Hall–Kier alpha value is -2.38. The second kappa shape index (κ2) is 9.41. The molecule has 1 atom stereocenters. The molecule has 1 fully saturated rings. The van der Waals surface area contributed by atoms with Gasteiger partial charge in [-0.3, -0.25) is 4.79 Å². The Balaban J connectivity index is 1.67. The third-order valence-corrected chi connectivity index (χ3v) is 7.22. The van der Waals surface area contributed by atoms with Crippen molar-refractivity contribution in [2.75, 3.05) is 26.7 Å².